The van der Waals surface area contributed by atoms with Gasteiger partial charge < -0.3 is 10.5 Å². The lowest BCUT2D eigenvalue weighted by atomic mass is 9.85. The summed E-state index contributed by atoms with van der Waals surface area (Å²) in [6.45, 7) is 4.30. The minimum Gasteiger partial charge on any atom is -0.476 e. The van der Waals surface area contributed by atoms with E-state index in [2.05, 4.69) is 22.5 Å². The van der Waals surface area contributed by atoms with Gasteiger partial charge in [0, 0.05) is 29.3 Å². The van der Waals surface area contributed by atoms with Crippen LogP contribution in [0.15, 0.2) is 47.4 Å². The summed E-state index contributed by atoms with van der Waals surface area (Å²) in [5, 5.41) is 0.0133. The monoisotopic (exact) mass is 367 g/mol. The fraction of sp³-hybridized carbons (Fsp3) is 0.125. The highest BCUT2D eigenvalue weighted by atomic mass is 79.9. The Morgan fingerprint density at radius 2 is 2.00 bits per heavy atom. The summed E-state index contributed by atoms with van der Waals surface area (Å²) in [6.07, 6.45) is 0. The van der Waals surface area contributed by atoms with Crippen LogP contribution in [0.2, 0.25) is 5.02 Å². The molecule has 3 rings (SSSR count). The first-order valence-electron chi connectivity index (χ1n) is 6.33. The standard InChI is InChI=1S/C16H12BrClFNO/c1-9-13-12(7-11(19)15(18)14(13)17)21-16(9,8-20)10-5-3-2-4-6-10/h2-7H,1,8,20H2. The van der Waals surface area contributed by atoms with E-state index in [4.69, 9.17) is 22.1 Å². The highest BCUT2D eigenvalue weighted by Crippen LogP contribution is 2.53. The van der Waals surface area contributed by atoms with Crippen molar-refractivity contribution in [3.8, 4) is 5.75 Å². The molecule has 0 spiro atoms. The molecule has 2 aromatic carbocycles. The quantitative estimate of drug-likeness (QED) is 0.792. The van der Waals surface area contributed by atoms with Crippen molar-refractivity contribution in [2.45, 2.75) is 5.60 Å². The Labute approximate surface area is 135 Å². The number of rotatable bonds is 2. The lowest BCUT2D eigenvalue weighted by molar-refractivity contribution is 0.156. The molecular formula is C16H12BrClFNO. The first kappa shape index (κ1) is 14.6. The molecule has 0 fully saturated rings. The molecule has 1 heterocycles. The molecule has 2 aromatic rings. The molecule has 0 amide bonds. The van der Waals surface area contributed by atoms with Crippen LogP contribution in [-0.2, 0) is 5.60 Å². The van der Waals surface area contributed by atoms with Crippen molar-refractivity contribution in [3.05, 3.63) is 69.4 Å². The predicted molar refractivity (Wildman–Crippen MR) is 85.9 cm³/mol. The van der Waals surface area contributed by atoms with Crippen molar-refractivity contribution in [2.24, 2.45) is 5.73 Å². The van der Waals surface area contributed by atoms with Crippen LogP contribution in [0.4, 0.5) is 4.39 Å². The largest absolute Gasteiger partial charge is 0.476 e. The Morgan fingerprint density at radius 1 is 1.33 bits per heavy atom. The Morgan fingerprint density at radius 3 is 2.62 bits per heavy atom. The first-order valence-corrected chi connectivity index (χ1v) is 7.50. The van der Waals surface area contributed by atoms with Gasteiger partial charge in [-0.1, -0.05) is 48.5 Å². The number of benzene rings is 2. The van der Waals surface area contributed by atoms with Crippen LogP contribution in [0.3, 0.4) is 0 Å². The van der Waals surface area contributed by atoms with Crippen molar-refractivity contribution < 1.29 is 9.13 Å². The summed E-state index contributed by atoms with van der Waals surface area (Å²) in [7, 11) is 0. The van der Waals surface area contributed by atoms with E-state index in [1.165, 1.54) is 6.07 Å². The van der Waals surface area contributed by atoms with Gasteiger partial charge in [0.25, 0.3) is 0 Å². The maximum Gasteiger partial charge on any atom is 0.171 e. The Balaban J connectivity index is 2.22. The van der Waals surface area contributed by atoms with Gasteiger partial charge in [0.1, 0.15) is 11.6 Å². The number of halogens is 3. The molecule has 21 heavy (non-hydrogen) atoms. The van der Waals surface area contributed by atoms with Crippen LogP contribution >= 0.6 is 27.5 Å². The van der Waals surface area contributed by atoms with Crippen LogP contribution in [0.1, 0.15) is 11.1 Å². The summed E-state index contributed by atoms with van der Waals surface area (Å²) in [5.41, 5.74) is 7.27. The maximum absolute atomic E-state index is 13.8. The number of hydrogen-bond donors (Lipinski definition) is 1. The van der Waals surface area contributed by atoms with Gasteiger partial charge in [0.2, 0.25) is 0 Å². The number of hydrogen-bond acceptors (Lipinski definition) is 2. The normalized spacial score (nSPS) is 20.3. The minimum atomic E-state index is -0.900. The minimum absolute atomic E-state index is 0.0133. The van der Waals surface area contributed by atoms with Crippen molar-refractivity contribution in [1.29, 1.82) is 0 Å². The first-order chi connectivity index (χ1) is 10.0. The van der Waals surface area contributed by atoms with Gasteiger partial charge in [-0.25, -0.2) is 4.39 Å². The van der Waals surface area contributed by atoms with E-state index in [0.717, 1.165) is 5.56 Å². The zero-order valence-electron chi connectivity index (χ0n) is 11.0. The van der Waals surface area contributed by atoms with Gasteiger partial charge in [-0.3, -0.25) is 0 Å². The summed E-state index contributed by atoms with van der Waals surface area (Å²) in [5.74, 6) is -0.154. The van der Waals surface area contributed by atoms with Crippen molar-refractivity contribution in [3.63, 3.8) is 0 Å². The second kappa shape index (κ2) is 5.13. The topological polar surface area (TPSA) is 35.2 Å². The molecule has 1 aliphatic heterocycles. The molecule has 0 aliphatic carbocycles. The third kappa shape index (κ3) is 2.01. The van der Waals surface area contributed by atoms with Gasteiger partial charge in [0.15, 0.2) is 5.60 Å². The van der Waals surface area contributed by atoms with E-state index in [9.17, 15) is 4.39 Å². The molecule has 2 N–H and O–H groups in total. The van der Waals surface area contributed by atoms with Gasteiger partial charge in [-0.15, -0.1) is 0 Å². The van der Waals surface area contributed by atoms with E-state index in [1.54, 1.807) is 0 Å². The highest BCUT2D eigenvalue weighted by Gasteiger charge is 2.45. The van der Waals surface area contributed by atoms with E-state index >= 15 is 0 Å². The third-order valence-electron chi connectivity index (χ3n) is 3.73. The molecule has 0 saturated heterocycles. The smallest absolute Gasteiger partial charge is 0.171 e. The highest BCUT2D eigenvalue weighted by molar-refractivity contribution is 9.10. The molecule has 1 aliphatic rings. The average molecular weight is 369 g/mol. The summed E-state index contributed by atoms with van der Waals surface area (Å²) in [4.78, 5) is 0. The Kier molecular flexibility index (Phi) is 3.56. The van der Waals surface area contributed by atoms with Gasteiger partial charge in [-0.2, -0.15) is 0 Å². The fourth-order valence-electron chi connectivity index (χ4n) is 2.61. The summed E-state index contributed by atoms with van der Waals surface area (Å²) < 4.78 is 20.3. The molecule has 0 saturated carbocycles. The van der Waals surface area contributed by atoms with E-state index in [1.807, 2.05) is 30.3 Å². The van der Waals surface area contributed by atoms with Crippen LogP contribution < -0.4 is 10.5 Å². The molecule has 1 unspecified atom stereocenters. The van der Waals surface area contributed by atoms with Crippen molar-refractivity contribution in [2.75, 3.05) is 6.54 Å². The Bertz CT molecular complexity index is 735. The van der Waals surface area contributed by atoms with Crippen LogP contribution in [0.25, 0.3) is 5.57 Å². The fourth-order valence-corrected chi connectivity index (χ4v) is 3.38. The van der Waals surface area contributed by atoms with E-state index < -0.39 is 11.4 Å². The van der Waals surface area contributed by atoms with Crippen molar-refractivity contribution >= 4 is 33.1 Å². The van der Waals surface area contributed by atoms with Crippen LogP contribution in [0, 0.1) is 5.82 Å². The lowest BCUT2D eigenvalue weighted by Crippen LogP contribution is -2.38. The SMILES string of the molecule is C=C1c2c(cc(F)c(Cl)c2Br)OC1(CN)c1ccccc1. The van der Waals surface area contributed by atoms with E-state index in [0.29, 0.717) is 21.4 Å². The molecular weight excluding hydrogens is 357 g/mol. The summed E-state index contributed by atoms with van der Waals surface area (Å²) >= 11 is 9.28. The predicted octanol–water partition coefficient (Wildman–Crippen LogP) is 4.50. The number of ether oxygens (including phenoxy) is 1. The molecule has 0 bridgehead atoms. The zero-order chi connectivity index (χ0) is 15.2. The number of nitrogens with two attached hydrogens (primary N) is 1. The van der Waals surface area contributed by atoms with Gasteiger partial charge >= 0.3 is 0 Å². The van der Waals surface area contributed by atoms with Crippen LogP contribution in [0.5, 0.6) is 5.75 Å². The second-order valence-corrected chi connectivity index (χ2v) is 6.01. The molecule has 2 nitrogen and oxygen atoms in total. The molecule has 1 atom stereocenters. The van der Waals surface area contributed by atoms with Crippen molar-refractivity contribution in [1.82, 2.24) is 0 Å². The van der Waals surface area contributed by atoms with Gasteiger partial charge in [-0.05, 0) is 15.9 Å². The maximum atomic E-state index is 13.8. The zero-order valence-corrected chi connectivity index (χ0v) is 13.3. The molecule has 108 valence electrons. The molecule has 0 aromatic heterocycles. The second-order valence-electron chi connectivity index (χ2n) is 4.84. The third-order valence-corrected chi connectivity index (χ3v) is 5.12. The van der Waals surface area contributed by atoms with E-state index in [-0.39, 0.29) is 11.6 Å². The lowest BCUT2D eigenvalue weighted by Gasteiger charge is -2.29. The molecule has 5 heteroatoms. The summed E-state index contributed by atoms with van der Waals surface area (Å²) in [6, 6.07) is 10.8. The van der Waals surface area contributed by atoms with Gasteiger partial charge in [0.05, 0.1) is 9.50 Å². The Hall–Kier alpha value is -1.36. The average Bonchev–Trinajstić information content (AvgIpc) is 2.79. The number of fused-ring (bicyclic) bond motifs is 1. The van der Waals surface area contributed by atoms with Crippen LogP contribution in [-0.4, -0.2) is 6.54 Å². The molecule has 0 radical (unpaired) electrons.